The van der Waals surface area contributed by atoms with Crippen molar-refractivity contribution in [2.45, 2.75) is 19.8 Å². The van der Waals surface area contributed by atoms with Crippen LogP contribution in [-0.2, 0) is 6.42 Å². The Hall–Kier alpha value is -1.55. The fraction of sp³-hybridized carbons (Fsp3) is 0.462. The molecule has 17 heavy (non-hydrogen) atoms. The van der Waals surface area contributed by atoms with E-state index in [0.29, 0.717) is 11.5 Å². The Labute approximate surface area is 100 Å². The Kier molecular flexibility index (Phi) is 3.64. The summed E-state index contributed by atoms with van der Waals surface area (Å²) in [4.78, 5) is 13.7. The molecule has 1 unspecified atom stereocenters. The van der Waals surface area contributed by atoms with Crippen molar-refractivity contribution in [3.63, 3.8) is 0 Å². The average molecular weight is 234 g/mol. The third-order valence-corrected chi connectivity index (χ3v) is 3.08. The number of oxazole rings is 1. The minimum absolute atomic E-state index is 0.389. The van der Waals surface area contributed by atoms with Gasteiger partial charge in [-0.2, -0.15) is 0 Å². The van der Waals surface area contributed by atoms with Crippen LogP contribution >= 0.6 is 0 Å². The van der Waals surface area contributed by atoms with Crippen molar-refractivity contribution < 1.29 is 4.42 Å². The van der Waals surface area contributed by atoms with Gasteiger partial charge in [0.05, 0.1) is 5.52 Å². The minimum Gasteiger partial charge on any atom is -0.408 e. The molecule has 0 aliphatic carbocycles. The van der Waals surface area contributed by atoms with Gasteiger partial charge in [-0.15, -0.1) is 0 Å². The third kappa shape index (κ3) is 2.77. The Morgan fingerprint density at radius 3 is 3.00 bits per heavy atom. The molecule has 0 aliphatic rings. The number of H-pyrrole nitrogens is 1. The summed E-state index contributed by atoms with van der Waals surface area (Å²) in [5.41, 5.74) is 2.62. The van der Waals surface area contributed by atoms with Crippen LogP contribution in [0.5, 0.6) is 0 Å². The quantitative estimate of drug-likeness (QED) is 0.830. The second-order valence-electron chi connectivity index (χ2n) is 4.38. The van der Waals surface area contributed by atoms with E-state index in [4.69, 9.17) is 4.42 Å². The topological polar surface area (TPSA) is 58.0 Å². The van der Waals surface area contributed by atoms with E-state index in [1.54, 1.807) is 0 Å². The van der Waals surface area contributed by atoms with E-state index in [1.807, 2.05) is 25.2 Å². The van der Waals surface area contributed by atoms with E-state index in [-0.39, 0.29) is 5.76 Å². The molecule has 0 aliphatic heterocycles. The van der Waals surface area contributed by atoms with Crippen molar-refractivity contribution in [2.24, 2.45) is 5.92 Å². The number of nitrogens with one attached hydrogen (secondary N) is 2. The van der Waals surface area contributed by atoms with Gasteiger partial charge in [0, 0.05) is 0 Å². The second-order valence-corrected chi connectivity index (χ2v) is 4.38. The largest absolute Gasteiger partial charge is 0.417 e. The number of benzene rings is 1. The molecule has 2 N–H and O–H groups in total. The smallest absolute Gasteiger partial charge is 0.408 e. The van der Waals surface area contributed by atoms with Crippen LogP contribution in [0, 0.1) is 5.92 Å². The van der Waals surface area contributed by atoms with Gasteiger partial charge in [-0.25, -0.2) is 4.79 Å². The molecule has 0 bridgehead atoms. The maximum Gasteiger partial charge on any atom is 0.417 e. The molecule has 2 rings (SSSR count). The molecule has 4 nitrogen and oxygen atoms in total. The summed E-state index contributed by atoms with van der Waals surface area (Å²) in [6, 6.07) is 5.90. The van der Waals surface area contributed by atoms with Crippen LogP contribution < -0.4 is 11.1 Å². The van der Waals surface area contributed by atoms with E-state index in [0.717, 1.165) is 24.9 Å². The molecular formula is C13H18N2O2. The van der Waals surface area contributed by atoms with Crippen LogP contribution in [0.15, 0.2) is 27.4 Å². The fourth-order valence-corrected chi connectivity index (χ4v) is 2.10. The lowest BCUT2D eigenvalue weighted by molar-refractivity contribution is 0.481. The molecule has 0 radical (unpaired) electrons. The fourth-order valence-electron chi connectivity index (χ4n) is 2.10. The summed E-state index contributed by atoms with van der Waals surface area (Å²) in [7, 11) is 1.97. The molecule has 1 heterocycles. The highest BCUT2D eigenvalue weighted by molar-refractivity contribution is 5.72. The van der Waals surface area contributed by atoms with Crippen LogP contribution in [0.4, 0.5) is 0 Å². The standard InChI is InChI=1S/C13H18N2O2/c1-3-9(8-14-2)6-10-4-5-11-12(7-10)17-13(16)15-11/h4-5,7,9,14H,3,6,8H2,1-2H3,(H,15,16). The number of aromatic amines is 1. The monoisotopic (exact) mass is 234 g/mol. The maximum atomic E-state index is 11.0. The highest BCUT2D eigenvalue weighted by Gasteiger charge is 2.08. The third-order valence-electron chi connectivity index (χ3n) is 3.08. The van der Waals surface area contributed by atoms with Gasteiger partial charge in [0.15, 0.2) is 5.58 Å². The van der Waals surface area contributed by atoms with E-state index < -0.39 is 0 Å². The van der Waals surface area contributed by atoms with Gasteiger partial charge in [0.25, 0.3) is 0 Å². The van der Waals surface area contributed by atoms with Crippen LogP contribution in [0.1, 0.15) is 18.9 Å². The summed E-state index contributed by atoms with van der Waals surface area (Å²) >= 11 is 0. The van der Waals surface area contributed by atoms with Crippen molar-refractivity contribution in [1.29, 1.82) is 0 Å². The first-order valence-corrected chi connectivity index (χ1v) is 5.99. The number of hydrogen-bond donors (Lipinski definition) is 2. The molecule has 1 aromatic heterocycles. The van der Waals surface area contributed by atoms with Gasteiger partial charge in [-0.1, -0.05) is 19.4 Å². The number of hydrogen-bond acceptors (Lipinski definition) is 3. The second kappa shape index (κ2) is 5.19. The summed E-state index contributed by atoms with van der Waals surface area (Å²) in [5, 5.41) is 3.20. The molecule has 1 atom stereocenters. The lowest BCUT2D eigenvalue weighted by Crippen LogP contribution is -2.20. The van der Waals surface area contributed by atoms with Gasteiger partial charge in [0.2, 0.25) is 0 Å². The van der Waals surface area contributed by atoms with Crippen LogP contribution in [-0.4, -0.2) is 18.6 Å². The lowest BCUT2D eigenvalue weighted by Gasteiger charge is -2.13. The predicted molar refractivity (Wildman–Crippen MR) is 68.2 cm³/mol. The first kappa shape index (κ1) is 11.9. The summed E-state index contributed by atoms with van der Waals surface area (Å²) in [5.74, 6) is 0.225. The van der Waals surface area contributed by atoms with E-state index in [9.17, 15) is 4.79 Å². The van der Waals surface area contributed by atoms with Crippen molar-refractivity contribution in [2.75, 3.05) is 13.6 Å². The van der Waals surface area contributed by atoms with Crippen LogP contribution in [0.2, 0.25) is 0 Å². The number of aromatic nitrogens is 1. The normalized spacial score (nSPS) is 13.1. The molecule has 4 heteroatoms. The Morgan fingerprint density at radius 2 is 2.29 bits per heavy atom. The SMILES string of the molecule is CCC(CNC)Cc1ccc2[nH]c(=O)oc2c1. The Bertz CT molecular complexity index is 542. The molecule has 0 amide bonds. The van der Waals surface area contributed by atoms with E-state index >= 15 is 0 Å². The van der Waals surface area contributed by atoms with Gasteiger partial charge < -0.3 is 9.73 Å². The highest BCUT2D eigenvalue weighted by atomic mass is 16.4. The Balaban J connectivity index is 2.20. The zero-order valence-corrected chi connectivity index (χ0v) is 10.2. The molecule has 0 spiro atoms. The van der Waals surface area contributed by atoms with E-state index in [1.165, 1.54) is 5.56 Å². The van der Waals surface area contributed by atoms with Crippen molar-refractivity contribution >= 4 is 11.1 Å². The van der Waals surface area contributed by atoms with Crippen molar-refractivity contribution in [3.05, 3.63) is 34.3 Å². The summed E-state index contributed by atoms with van der Waals surface area (Å²) in [6.07, 6.45) is 2.14. The Morgan fingerprint density at radius 1 is 1.47 bits per heavy atom. The van der Waals surface area contributed by atoms with Gasteiger partial charge in [-0.05, 0) is 43.6 Å². The maximum absolute atomic E-state index is 11.0. The van der Waals surface area contributed by atoms with Gasteiger partial charge in [0.1, 0.15) is 0 Å². The van der Waals surface area contributed by atoms with Crippen molar-refractivity contribution in [3.8, 4) is 0 Å². The first-order chi connectivity index (χ1) is 8.22. The molecular weight excluding hydrogens is 216 g/mol. The molecule has 92 valence electrons. The zero-order valence-electron chi connectivity index (χ0n) is 10.2. The van der Waals surface area contributed by atoms with Gasteiger partial charge in [-0.3, -0.25) is 4.98 Å². The van der Waals surface area contributed by atoms with Crippen LogP contribution in [0.3, 0.4) is 0 Å². The molecule has 0 fully saturated rings. The molecule has 1 aromatic carbocycles. The first-order valence-electron chi connectivity index (χ1n) is 5.99. The van der Waals surface area contributed by atoms with Gasteiger partial charge >= 0.3 is 5.76 Å². The highest BCUT2D eigenvalue weighted by Crippen LogP contribution is 2.16. The summed E-state index contributed by atoms with van der Waals surface area (Å²) < 4.78 is 5.06. The average Bonchev–Trinajstić information content (AvgIpc) is 2.68. The predicted octanol–water partition coefficient (Wildman–Crippen LogP) is 1.91. The minimum atomic E-state index is -0.389. The molecule has 0 saturated heterocycles. The molecule has 0 saturated carbocycles. The van der Waals surface area contributed by atoms with Crippen molar-refractivity contribution in [1.82, 2.24) is 10.3 Å². The molecule has 2 aromatic rings. The van der Waals surface area contributed by atoms with E-state index in [2.05, 4.69) is 17.2 Å². The number of rotatable bonds is 5. The summed E-state index contributed by atoms with van der Waals surface area (Å²) in [6.45, 7) is 3.20. The zero-order chi connectivity index (χ0) is 12.3. The van der Waals surface area contributed by atoms with Crippen LogP contribution in [0.25, 0.3) is 11.1 Å². The number of fused-ring (bicyclic) bond motifs is 1. The lowest BCUT2D eigenvalue weighted by atomic mass is 9.97.